The zero-order valence-corrected chi connectivity index (χ0v) is 20.7. The fourth-order valence-electron chi connectivity index (χ4n) is 5.27. The number of fused-ring (bicyclic) bond motifs is 3. The van der Waals surface area contributed by atoms with Crippen molar-refractivity contribution in [2.24, 2.45) is 0 Å². The van der Waals surface area contributed by atoms with Crippen LogP contribution in [0.4, 0.5) is 0 Å². The third kappa shape index (κ3) is 4.73. The third-order valence-electron chi connectivity index (χ3n) is 7.07. The van der Waals surface area contributed by atoms with Crippen LogP contribution in [-0.2, 0) is 17.6 Å². The number of halogens is 2. The number of para-hydroxylation sites is 1. The largest absolute Gasteiger partial charge is 0.357 e. The number of hydrogen-bond donors (Lipinski definition) is 2. The first kappa shape index (κ1) is 23.0. The monoisotopic (exact) mass is 490 g/mol. The van der Waals surface area contributed by atoms with Gasteiger partial charge in [-0.15, -0.1) is 0 Å². The molecule has 0 fully saturated rings. The highest BCUT2D eigenvalue weighted by Gasteiger charge is 2.31. The van der Waals surface area contributed by atoms with Gasteiger partial charge in [-0.3, -0.25) is 4.79 Å². The Morgan fingerprint density at radius 3 is 2.41 bits per heavy atom. The number of aromatic amines is 1. The minimum atomic E-state index is -0.153. The molecule has 4 aromatic rings. The quantitative estimate of drug-likeness (QED) is 0.290. The van der Waals surface area contributed by atoms with Crippen LogP contribution in [0.1, 0.15) is 54.0 Å². The van der Waals surface area contributed by atoms with Crippen LogP contribution in [0.5, 0.6) is 0 Å². The highest BCUT2D eigenvalue weighted by molar-refractivity contribution is 6.30. The number of benzene rings is 3. The number of carbonyl (C=O) groups is 1. The number of aromatic nitrogens is 1. The lowest BCUT2D eigenvalue weighted by Crippen LogP contribution is -2.41. The van der Waals surface area contributed by atoms with Crippen LogP contribution in [0, 0.1) is 0 Å². The Hall–Kier alpha value is -2.75. The number of carbonyl (C=O) groups excluding carboxylic acids is 1. The van der Waals surface area contributed by atoms with Crippen LogP contribution in [0.2, 0.25) is 10.0 Å². The maximum Gasteiger partial charge on any atom is 0.229 e. The normalized spacial score (nSPS) is 17.2. The van der Waals surface area contributed by atoms with Gasteiger partial charge < -0.3 is 10.3 Å². The van der Waals surface area contributed by atoms with Crippen LogP contribution < -0.4 is 5.32 Å². The first-order valence-corrected chi connectivity index (χ1v) is 12.6. The maximum absolute atomic E-state index is 13.6. The molecule has 2 N–H and O–H groups in total. The van der Waals surface area contributed by atoms with Gasteiger partial charge in [0.25, 0.3) is 0 Å². The Morgan fingerprint density at radius 1 is 1.00 bits per heavy atom. The number of hydrogen-bond acceptors (Lipinski definition) is 1. The van der Waals surface area contributed by atoms with E-state index >= 15 is 0 Å². The molecule has 3 nitrogen and oxygen atoms in total. The van der Waals surface area contributed by atoms with Gasteiger partial charge in [0.1, 0.15) is 0 Å². The fourth-order valence-corrected chi connectivity index (χ4v) is 5.52. The van der Waals surface area contributed by atoms with Gasteiger partial charge >= 0.3 is 0 Å². The predicted molar refractivity (Wildman–Crippen MR) is 141 cm³/mol. The Kier molecular flexibility index (Phi) is 6.67. The molecule has 1 aliphatic carbocycles. The average molecular weight is 491 g/mol. The second-order valence-corrected chi connectivity index (χ2v) is 10.2. The van der Waals surface area contributed by atoms with E-state index in [1.165, 1.54) is 16.5 Å². The number of rotatable bonds is 6. The third-order valence-corrected chi connectivity index (χ3v) is 7.58. The summed E-state index contributed by atoms with van der Waals surface area (Å²) in [5.41, 5.74) is 5.83. The maximum atomic E-state index is 13.6. The highest BCUT2D eigenvalue weighted by atomic mass is 35.5. The first-order valence-electron chi connectivity index (χ1n) is 11.9. The summed E-state index contributed by atoms with van der Waals surface area (Å²) in [6.45, 7) is 2.10. The van der Waals surface area contributed by atoms with E-state index in [0.29, 0.717) is 5.02 Å². The van der Waals surface area contributed by atoms with Crippen molar-refractivity contribution in [3.63, 3.8) is 0 Å². The number of H-pyrrole nitrogens is 1. The van der Waals surface area contributed by atoms with Gasteiger partial charge in [0.2, 0.25) is 5.91 Å². The molecule has 5 rings (SSSR count). The van der Waals surface area contributed by atoms with Crippen molar-refractivity contribution in [3.8, 4) is 0 Å². The van der Waals surface area contributed by atoms with Crippen molar-refractivity contribution in [2.45, 2.75) is 50.5 Å². The molecular formula is C29H28Cl2N2O. The zero-order valence-electron chi connectivity index (χ0n) is 19.2. The average Bonchev–Trinajstić information content (AvgIpc) is 3.23. The summed E-state index contributed by atoms with van der Waals surface area (Å²) in [6, 6.07) is 24.2. The van der Waals surface area contributed by atoms with Crippen molar-refractivity contribution in [1.29, 1.82) is 0 Å². The molecule has 1 heterocycles. The molecule has 0 bridgehead atoms. The Labute approximate surface area is 210 Å². The number of nitrogens with one attached hydrogen (secondary N) is 2. The Bertz CT molecular complexity index is 1290. The van der Waals surface area contributed by atoms with E-state index in [0.717, 1.165) is 47.5 Å². The Morgan fingerprint density at radius 2 is 1.68 bits per heavy atom. The summed E-state index contributed by atoms with van der Waals surface area (Å²) in [5.74, 6) is 0.0447. The summed E-state index contributed by atoms with van der Waals surface area (Å²) in [6.07, 6.45) is 3.69. The number of aryl methyl sites for hydroxylation is 1. The van der Waals surface area contributed by atoms with Crippen LogP contribution in [0.25, 0.3) is 10.9 Å². The molecular weight excluding hydrogens is 463 g/mol. The molecule has 3 unspecified atom stereocenters. The summed E-state index contributed by atoms with van der Waals surface area (Å²) in [4.78, 5) is 17.1. The van der Waals surface area contributed by atoms with Gasteiger partial charge in [-0.2, -0.15) is 0 Å². The van der Waals surface area contributed by atoms with Crippen molar-refractivity contribution in [2.75, 3.05) is 0 Å². The predicted octanol–water partition coefficient (Wildman–Crippen LogP) is 7.43. The standard InChI is InChI=1S/C29H28Cl2N2O/c1-18(26(20-11-15-22(31)16-12-20)17-19-9-13-21(30)14-10-19)32-29(34)25-7-4-6-24-23-5-2-3-8-27(23)33-28(24)25/h2-3,5,8-16,18,25-26,33H,4,6-7,17H2,1H3,(H,32,34). The summed E-state index contributed by atoms with van der Waals surface area (Å²) in [7, 11) is 0. The van der Waals surface area contributed by atoms with Gasteiger partial charge in [-0.05, 0) is 79.6 Å². The van der Waals surface area contributed by atoms with Crippen LogP contribution in [0.3, 0.4) is 0 Å². The molecule has 0 spiro atoms. The van der Waals surface area contributed by atoms with E-state index in [4.69, 9.17) is 23.2 Å². The van der Waals surface area contributed by atoms with E-state index < -0.39 is 0 Å². The lowest BCUT2D eigenvalue weighted by atomic mass is 9.84. The molecule has 1 amide bonds. The zero-order chi connectivity index (χ0) is 23.7. The van der Waals surface area contributed by atoms with Crippen molar-refractivity contribution in [1.82, 2.24) is 10.3 Å². The lowest BCUT2D eigenvalue weighted by Gasteiger charge is -2.29. The smallest absolute Gasteiger partial charge is 0.229 e. The topological polar surface area (TPSA) is 44.9 Å². The molecule has 1 aromatic heterocycles. The van der Waals surface area contributed by atoms with Crippen molar-refractivity contribution >= 4 is 40.0 Å². The summed E-state index contributed by atoms with van der Waals surface area (Å²) < 4.78 is 0. The number of amides is 1. The van der Waals surface area contributed by atoms with E-state index in [1.54, 1.807) is 0 Å². The van der Waals surface area contributed by atoms with Crippen molar-refractivity contribution < 1.29 is 4.79 Å². The second-order valence-electron chi connectivity index (χ2n) is 9.29. The minimum Gasteiger partial charge on any atom is -0.357 e. The first-order chi connectivity index (χ1) is 16.5. The van der Waals surface area contributed by atoms with Crippen LogP contribution in [-0.4, -0.2) is 16.9 Å². The van der Waals surface area contributed by atoms with E-state index in [9.17, 15) is 4.79 Å². The van der Waals surface area contributed by atoms with Gasteiger partial charge in [-0.25, -0.2) is 0 Å². The SMILES string of the molecule is CC(NC(=O)C1CCCc2c1[nH]c1ccccc21)C(Cc1ccc(Cl)cc1)c1ccc(Cl)cc1. The molecule has 1 aliphatic rings. The van der Waals surface area contributed by atoms with E-state index in [2.05, 4.69) is 59.7 Å². The molecule has 34 heavy (non-hydrogen) atoms. The van der Waals surface area contributed by atoms with Crippen LogP contribution >= 0.6 is 23.2 Å². The second kappa shape index (κ2) is 9.85. The van der Waals surface area contributed by atoms with Gasteiger partial charge in [-0.1, -0.05) is 65.7 Å². The summed E-state index contributed by atoms with van der Waals surface area (Å²) >= 11 is 12.2. The fraction of sp³-hybridized carbons (Fsp3) is 0.276. The Balaban J connectivity index is 1.40. The molecule has 0 aliphatic heterocycles. The molecule has 5 heteroatoms. The lowest BCUT2D eigenvalue weighted by molar-refractivity contribution is -0.123. The van der Waals surface area contributed by atoms with Gasteiger partial charge in [0, 0.05) is 38.6 Å². The molecule has 0 saturated heterocycles. The molecule has 3 atom stereocenters. The van der Waals surface area contributed by atoms with Gasteiger partial charge in [0.15, 0.2) is 0 Å². The molecule has 3 aromatic carbocycles. The van der Waals surface area contributed by atoms with Crippen molar-refractivity contribution in [3.05, 3.63) is 105 Å². The highest BCUT2D eigenvalue weighted by Crippen LogP contribution is 2.36. The minimum absolute atomic E-state index is 0.0564. The van der Waals surface area contributed by atoms with E-state index in [1.807, 2.05) is 30.3 Å². The molecule has 0 radical (unpaired) electrons. The van der Waals surface area contributed by atoms with Crippen LogP contribution in [0.15, 0.2) is 72.8 Å². The van der Waals surface area contributed by atoms with E-state index in [-0.39, 0.29) is 23.8 Å². The molecule has 0 saturated carbocycles. The summed E-state index contributed by atoms with van der Waals surface area (Å²) in [5, 5.41) is 6.03. The molecule has 174 valence electrons. The van der Waals surface area contributed by atoms with Gasteiger partial charge in [0.05, 0.1) is 5.92 Å².